The third-order valence-corrected chi connectivity index (χ3v) is 4.51. The van der Waals surface area contributed by atoms with E-state index in [1.54, 1.807) is 25.3 Å². The van der Waals surface area contributed by atoms with Gasteiger partial charge in [-0.25, -0.2) is 4.83 Å². The van der Waals surface area contributed by atoms with Crippen LogP contribution < -0.4 is 14.3 Å². The van der Waals surface area contributed by atoms with Crippen molar-refractivity contribution in [2.75, 3.05) is 13.7 Å². The van der Waals surface area contributed by atoms with Gasteiger partial charge in [-0.2, -0.15) is 13.5 Å². The average Bonchev–Trinajstić information content (AvgIpc) is 2.56. The lowest BCUT2D eigenvalue weighted by molar-refractivity contribution is 0.338. The molecule has 0 aliphatic rings. The molecule has 2 rings (SSSR count). The van der Waals surface area contributed by atoms with Gasteiger partial charge in [0.25, 0.3) is 10.0 Å². The molecule has 0 aromatic heterocycles. The number of ether oxygens (including phenoxy) is 2. The van der Waals surface area contributed by atoms with Crippen LogP contribution in [0.25, 0.3) is 0 Å². The number of methoxy groups -OCH3 is 1. The summed E-state index contributed by atoms with van der Waals surface area (Å²) in [6.07, 6.45) is 1.36. The zero-order valence-electron chi connectivity index (χ0n) is 13.2. The molecule has 24 heavy (non-hydrogen) atoms. The fraction of sp³-hybridized carbons (Fsp3) is 0.188. The van der Waals surface area contributed by atoms with Gasteiger partial charge in [-0.1, -0.05) is 11.6 Å². The molecule has 0 amide bonds. The standard InChI is InChI=1S/C16H17ClN2O4S/c1-3-23-16-9-6-14(22-2)10-12(16)11-18-19-24(20,21)15-7-4-13(17)5-8-15/h4-11,19H,3H2,1-2H3/b18-11-. The molecule has 128 valence electrons. The molecule has 0 radical (unpaired) electrons. The molecule has 8 heteroatoms. The van der Waals surface area contributed by atoms with Crippen molar-refractivity contribution in [2.24, 2.45) is 5.10 Å². The van der Waals surface area contributed by atoms with Crippen LogP contribution in [0.4, 0.5) is 0 Å². The van der Waals surface area contributed by atoms with E-state index in [0.717, 1.165) is 0 Å². The minimum Gasteiger partial charge on any atom is -0.497 e. The van der Waals surface area contributed by atoms with E-state index in [2.05, 4.69) is 9.93 Å². The summed E-state index contributed by atoms with van der Waals surface area (Å²) in [4.78, 5) is 2.22. The Hall–Kier alpha value is -2.25. The van der Waals surface area contributed by atoms with Crippen molar-refractivity contribution in [1.29, 1.82) is 0 Å². The number of nitrogens with one attached hydrogen (secondary N) is 1. The maximum absolute atomic E-state index is 12.1. The van der Waals surface area contributed by atoms with E-state index in [0.29, 0.717) is 28.7 Å². The molecule has 0 unspecified atom stereocenters. The summed E-state index contributed by atoms with van der Waals surface area (Å²) in [5.41, 5.74) is 0.593. The van der Waals surface area contributed by atoms with E-state index < -0.39 is 10.0 Å². The molecule has 0 aliphatic heterocycles. The van der Waals surface area contributed by atoms with Crippen LogP contribution in [0.2, 0.25) is 5.02 Å². The monoisotopic (exact) mass is 368 g/mol. The second kappa shape index (κ2) is 8.03. The Bertz CT molecular complexity index is 820. The predicted molar refractivity (Wildman–Crippen MR) is 93.5 cm³/mol. The number of nitrogens with zero attached hydrogens (tertiary/aromatic N) is 1. The lowest BCUT2D eigenvalue weighted by Crippen LogP contribution is -2.18. The highest BCUT2D eigenvalue weighted by atomic mass is 35.5. The van der Waals surface area contributed by atoms with Gasteiger partial charge in [0.15, 0.2) is 0 Å². The number of sulfonamides is 1. The Labute approximate surface area is 146 Å². The maximum atomic E-state index is 12.1. The first-order chi connectivity index (χ1) is 11.5. The molecule has 0 atom stereocenters. The number of halogens is 1. The number of hydrazone groups is 1. The molecular weight excluding hydrogens is 352 g/mol. The van der Waals surface area contributed by atoms with Gasteiger partial charge in [-0.05, 0) is 49.4 Å². The third kappa shape index (κ3) is 4.62. The number of hydrogen-bond acceptors (Lipinski definition) is 5. The van der Waals surface area contributed by atoms with Crippen LogP contribution in [0.15, 0.2) is 52.5 Å². The van der Waals surface area contributed by atoms with Gasteiger partial charge in [0.05, 0.1) is 24.8 Å². The van der Waals surface area contributed by atoms with Gasteiger partial charge in [0, 0.05) is 10.6 Å². The van der Waals surface area contributed by atoms with Gasteiger partial charge < -0.3 is 9.47 Å². The van der Waals surface area contributed by atoms with E-state index in [1.807, 2.05) is 6.92 Å². The third-order valence-electron chi connectivity index (χ3n) is 3.02. The molecule has 0 spiro atoms. The van der Waals surface area contributed by atoms with Crippen LogP contribution in [0.5, 0.6) is 11.5 Å². The first kappa shape index (κ1) is 18.1. The van der Waals surface area contributed by atoms with Gasteiger partial charge in [-0.3, -0.25) is 0 Å². The molecule has 1 N–H and O–H groups in total. The number of benzene rings is 2. The number of hydrogen-bond donors (Lipinski definition) is 1. The Balaban J connectivity index is 2.20. The minimum absolute atomic E-state index is 0.0692. The molecule has 2 aromatic rings. The quantitative estimate of drug-likeness (QED) is 0.602. The van der Waals surface area contributed by atoms with Gasteiger partial charge >= 0.3 is 0 Å². The highest BCUT2D eigenvalue weighted by molar-refractivity contribution is 7.89. The molecule has 2 aromatic carbocycles. The first-order valence-corrected chi connectivity index (χ1v) is 8.93. The lowest BCUT2D eigenvalue weighted by Gasteiger charge is -2.09. The van der Waals surface area contributed by atoms with Crippen molar-refractivity contribution in [3.8, 4) is 11.5 Å². The van der Waals surface area contributed by atoms with Crippen molar-refractivity contribution in [3.63, 3.8) is 0 Å². The van der Waals surface area contributed by atoms with E-state index in [9.17, 15) is 8.42 Å². The molecule has 0 aliphatic carbocycles. The summed E-state index contributed by atoms with van der Waals surface area (Å²) in [6, 6.07) is 11.0. The molecule has 0 fully saturated rings. The van der Waals surface area contributed by atoms with Crippen molar-refractivity contribution < 1.29 is 17.9 Å². The minimum atomic E-state index is -3.77. The largest absolute Gasteiger partial charge is 0.497 e. The molecule has 0 heterocycles. The summed E-state index contributed by atoms with van der Waals surface area (Å²) in [7, 11) is -2.23. The average molecular weight is 369 g/mol. The lowest BCUT2D eigenvalue weighted by atomic mass is 10.2. The van der Waals surface area contributed by atoms with E-state index in [1.165, 1.54) is 30.5 Å². The van der Waals surface area contributed by atoms with E-state index >= 15 is 0 Å². The smallest absolute Gasteiger partial charge is 0.276 e. The van der Waals surface area contributed by atoms with Gasteiger partial charge in [0.1, 0.15) is 11.5 Å². The fourth-order valence-corrected chi connectivity index (χ4v) is 2.79. The van der Waals surface area contributed by atoms with Crippen molar-refractivity contribution in [3.05, 3.63) is 53.1 Å². The predicted octanol–water partition coefficient (Wildman–Crippen LogP) is 3.06. The van der Waals surface area contributed by atoms with Crippen LogP contribution in [0.1, 0.15) is 12.5 Å². The fourth-order valence-electron chi connectivity index (χ4n) is 1.87. The number of rotatable bonds is 7. The molecular formula is C16H17ClN2O4S. The molecule has 6 nitrogen and oxygen atoms in total. The first-order valence-electron chi connectivity index (χ1n) is 7.07. The van der Waals surface area contributed by atoms with Crippen molar-refractivity contribution >= 4 is 27.8 Å². The Morgan fingerprint density at radius 2 is 1.92 bits per heavy atom. The molecule has 0 bridgehead atoms. The topological polar surface area (TPSA) is 77.0 Å². The SMILES string of the molecule is CCOc1ccc(OC)cc1/C=N\NS(=O)(=O)c1ccc(Cl)cc1. The highest BCUT2D eigenvalue weighted by Gasteiger charge is 2.12. The maximum Gasteiger partial charge on any atom is 0.276 e. The second-order valence-electron chi connectivity index (χ2n) is 4.64. The van der Waals surface area contributed by atoms with Gasteiger partial charge in [-0.15, -0.1) is 0 Å². The van der Waals surface area contributed by atoms with Crippen LogP contribution in [0, 0.1) is 0 Å². The molecule has 0 saturated carbocycles. The highest BCUT2D eigenvalue weighted by Crippen LogP contribution is 2.22. The van der Waals surface area contributed by atoms with Crippen molar-refractivity contribution in [1.82, 2.24) is 4.83 Å². The van der Waals surface area contributed by atoms with E-state index in [-0.39, 0.29) is 4.90 Å². The van der Waals surface area contributed by atoms with Crippen LogP contribution in [0.3, 0.4) is 0 Å². The van der Waals surface area contributed by atoms with Gasteiger partial charge in [0.2, 0.25) is 0 Å². The second-order valence-corrected chi connectivity index (χ2v) is 6.74. The summed E-state index contributed by atoms with van der Waals surface area (Å²) >= 11 is 5.75. The van der Waals surface area contributed by atoms with Crippen LogP contribution in [-0.2, 0) is 10.0 Å². The Morgan fingerprint density at radius 3 is 2.54 bits per heavy atom. The zero-order valence-corrected chi connectivity index (χ0v) is 14.8. The Morgan fingerprint density at radius 1 is 1.21 bits per heavy atom. The summed E-state index contributed by atoms with van der Waals surface area (Å²) in [6.45, 7) is 2.33. The van der Waals surface area contributed by atoms with Crippen LogP contribution >= 0.6 is 11.6 Å². The summed E-state index contributed by atoms with van der Waals surface area (Å²) in [5.74, 6) is 1.19. The molecule has 0 saturated heterocycles. The summed E-state index contributed by atoms with van der Waals surface area (Å²) in [5, 5.41) is 4.25. The normalized spacial score (nSPS) is 11.5. The van der Waals surface area contributed by atoms with Crippen LogP contribution in [-0.4, -0.2) is 28.3 Å². The Kier molecular flexibility index (Phi) is 6.05. The summed E-state index contributed by atoms with van der Waals surface area (Å²) < 4.78 is 34.9. The van der Waals surface area contributed by atoms with Crippen molar-refractivity contribution in [2.45, 2.75) is 11.8 Å². The zero-order chi connectivity index (χ0) is 17.6. The van der Waals surface area contributed by atoms with E-state index in [4.69, 9.17) is 21.1 Å².